The molecule has 0 aliphatic rings. The van der Waals surface area contributed by atoms with Gasteiger partial charge in [-0.3, -0.25) is 4.79 Å². The average Bonchev–Trinajstić information content (AvgIpc) is 2.63. The van der Waals surface area contributed by atoms with Crippen molar-refractivity contribution in [1.29, 1.82) is 0 Å². The summed E-state index contributed by atoms with van der Waals surface area (Å²) in [4.78, 5) is 23.0. The fourth-order valence-electron chi connectivity index (χ4n) is 2.44. The first-order valence-corrected chi connectivity index (χ1v) is 8.59. The molecule has 0 spiro atoms. The number of carbonyl (C=O) groups is 2. The van der Waals surface area contributed by atoms with Crippen LogP contribution in [0.15, 0.2) is 42.5 Å². The van der Waals surface area contributed by atoms with Crippen LogP contribution in [0.25, 0.3) is 0 Å². The predicted octanol–water partition coefficient (Wildman–Crippen LogP) is 4.13. The van der Waals surface area contributed by atoms with E-state index in [1.807, 2.05) is 6.07 Å². The van der Waals surface area contributed by atoms with Crippen LogP contribution >= 0.6 is 0 Å². The van der Waals surface area contributed by atoms with Gasteiger partial charge in [0.15, 0.2) is 11.6 Å². The topological polar surface area (TPSA) is 78.4 Å². The summed E-state index contributed by atoms with van der Waals surface area (Å²) in [6, 6.07) is 10.1. The minimum Gasteiger partial charge on any atom is -0.481 e. The number of carboxylic acid groups (broad SMARTS) is 1. The number of amides is 2. The van der Waals surface area contributed by atoms with E-state index >= 15 is 0 Å². The van der Waals surface area contributed by atoms with E-state index in [1.54, 1.807) is 31.2 Å². The number of benzene rings is 2. The monoisotopic (exact) mass is 386 g/mol. The molecule has 5 nitrogen and oxygen atoms in total. The Balaban J connectivity index is 2.16. The molecule has 7 heteroatoms. The largest absolute Gasteiger partial charge is 0.481 e. The first-order valence-electron chi connectivity index (χ1n) is 8.59. The molecule has 0 aromatic heterocycles. The van der Waals surface area contributed by atoms with Crippen molar-refractivity contribution in [1.82, 2.24) is 5.32 Å². The van der Waals surface area contributed by atoms with E-state index in [1.165, 1.54) is 6.92 Å². The maximum atomic E-state index is 14.3. The predicted molar refractivity (Wildman–Crippen MR) is 102 cm³/mol. The number of carbonyl (C=O) groups excluding carboxylic acids is 1. The highest BCUT2D eigenvalue weighted by atomic mass is 19.1. The molecule has 0 aliphatic heterocycles. The quantitative estimate of drug-likeness (QED) is 0.676. The molecule has 1 unspecified atom stereocenters. The fraction of sp³-hybridized carbons (Fsp3) is 0.238. The second-order valence-corrected chi connectivity index (χ2v) is 6.49. The molecule has 2 rings (SSSR count). The lowest BCUT2D eigenvalue weighted by molar-refractivity contribution is -0.138. The van der Waals surface area contributed by atoms with Gasteiger partial charge >= 0.3 is 12.0 Å². The summed E-state index contributed by atoms with van der Waals surface area (Å²) in [5.41, 5.74) is -0.864. The van der Waals surface area contributed by atoms with Gasteiger partial charge in [0.05, 0.1) is 6.42 Å². The van der Waals surface area contributed by atoms with Crippen molar-refractivity contribution >= 4 is 17.7 Å². The van der Waals surface area contributed by atoms with Crippen LogP contribution in [0.1, 0.15) is 37.8 Å². The van der Waals surface area contributed by atoms with Gasteiger partial charge in [-0.2, -0.15) is 0 Å². The van der Waals surface area contributed by atoms with Crippen LogP contribution in [0.5, 0.6) is 0 Å². The Morgan fingerprint density at radius 2 is 1.64 bits per heavy atom. The Bertz CT molecular complexity index is 913. The van der Waals surface area contributed by atoms with Crippen molar-refractivity contribution in [2.45, 2.75) is 32.2 Å². The second-order valence-electron chi connectivity index (χ2n) is 6.49. The Hall–Kier alpha value is -3.40. The van der Waals surface area contributed by atoms with E-state index in [0.717, 1.165) is 12.1 Å². The first kappa shape index (κ1) is 20.9. The highest BCUT2D eigenvalue weighted by molar-refractivity contribution is 5.90. The fourth-order valence-corrected chi connectivity index (χ4v) is 2.44. The van der Waals surface area contributed by atoms with Crippen molar-refractivity contribution in [3.8, 4) is 11.8 Å². The van der Waals surface area contributed by atoms with Crippen molar-refractivity contribution in [3.63, 3.8) is 0 Å². The van der Waals surface area contributed by atoms with Crippen molar-refractivity contribution in [2.24, 2.45) is 0 Å². The van der Waals surface area contributed by atoms with E-state index < -0.39 is 34.9 Å². The molecule has 2 aromatic rings. The number of hydrogen-bond donors (Lipinski definition) is 3. The lowest BCUT2D eigenvalue weighted by Gasteiger charge is -2.28. The van der Waals surface area contributed by atoms with Crippen LogP contribution in [-0.2, 0) is 4.79 Å². The van der Waals surface area contributed by atoms with E-state index in [4.69, 9.17) is 5.11 Å². The number of anilines is 1. The third-order valence-corrected chi connectivity index (χ3v) is 4.14. The summed E-state index contributed by atoms with van der Waals surface area (Å²) in [7, 11) is 0. The van der Waals surface area contributed by atoms with Gasteiger partial charge in [0.1, 0.15) is 5.69 Å². The molecule has 2 amide bonds. The van der Waals surface area contributed by atoms with Crippen LogP contribution in [-0.4, -0.2) is 22.6 Å². The Morgan fingerprint density at radius 3 is 2.18 bits per heavy atom. The Kier molecular flexibility index (Phi) is 6.72. The van der Waals surface area contributed by atoms with Crippen LogP contribution < -0.4 is 10.6 Å². The molecule has 28 heavy (non-hydrogen) atoms. The summed E-state index contributed by atoms with van der Waals surface area (Å²) < 4.78 is 28.6. The first-order chi connectivity index (χ1) is 13.2. The molecule has 0 fully saturated rings. The van der Waals surface area contributed by atoms with Gasteiger partial charge in [-0.15, -0.1) is 0 Å². The number of aliphatic carboxylic acids is 1. The molecule has 0 saturated carbocycles. The maximum absolute atomic E-state index is 14.3. The zero-order valence-corrected chi connectivity index (χ0v) is 15.5. The number of nitrogens with one attached hydrogen (secondary N) is 2. The summed E-state index contributed by atoms with van der Waals surface area (Å²) in [6.45, 7) is 3.24. The van der Waals surface area contributed by atoms with Gasteiger partial charge in [0.25, 0.3) is 0 Å². The molecule has 0 radical (unpaired) electrons. The second kappa shape index (κ2) is 9.00. The molecule has 1 atom stereocenters. The number of hydrogen-bond acceptors (Lipinski definition) is 2. The normalized spacial score (nSPS) is 12.3. The van der Waals surface area contributed by atoms with E-state index in [9.17, 15) is 18.4 Å². The summed E-state index contributed by atoms with van der Waals surface area (Å²) in [6.07, 6.45) is 0.00158. The van der Waals surface area contributed by atoms with Crippen LogP contribution in [0.3, 0.4) is 0 Å². The highest BCUT2D eigenvalue weighted by Crippen LogP contribution is 2.21. The van der Waals surface area contributed by atoms with Gasteiger partial charge < -0.3 is 15.7 Å². The van der Waals surface area contributed by atoms with Crippen LogP contribution in [0, 0.1) is 23.5 Å². The minimum absolute atomic E-state index is 0.120. The van der Waals surface area contributed by atoms with Crippen molar-refractivity contribution < 1.29 is 23.5 Å². The van der Waals surface area contributed by atoms with Gasteiger partial charge in [-0.05, 0) is 37.6 Å². The third kappa shape index (κ3) is 5.81. The number of carboxylic acids is 1. The van der Waals surface area contributed by atoms with Gasteiger partial charge in [0, 0.05) is 16.7 Å². The SMILES string of the molecule is CCC(C)(CC(=O)O)NC(=O)Nc1c(F)cc(C#Cc2ccccc2)cc1F. The summed E-state index contributed by atoms with van der Waals surface area (Å²) in [5, 5.41) is 13.5. The average molecular weight is 386 g/mol. The molecular weight excluding hydrogens is 366 g/mol. The Labute approximate surface area is 161 Å². The van der Waals surface area contributed by atoms with Gasteiger partial charge in [-0.1, -0.05) is 37.0 Å². The minimum atomic E-state index is -1.09. The smallest absolute Gasteiger partial charge is 0.319 e. The summed E-state index contributed by atoms with van der Waals surface area (Å²) in [5.74, 6) is 2.40. The third-order valence-electron chi connectivity index (χ3n) is 4.14. The molecule has 0 aliphatic carbocycles. The zero-order chi connectivity index (χ0) is 20.7. The molecule has 0 heterocycles. The molecule has 2 aromatic carbocycles. The Morgan fingerprint density at radius 1 is 1.07 bits per heavy atom. The van der Waals surface area contributed by atoms with E-state index in [-0.39, 0.29) is 12.0 Å². The standard InChI is InChI=1S/C21H20F2N2O3/c1-3-21(2,13-18(26)27)25-20(28)24-19-16(22)11-15(12-17(19)23)10-9-14-7-5-4-6-8-14/h4-8,11-12H,3,13H2,1-2H3,(H,26,27)(H2,24,25,28). The molecule has 0 saturated heterocycles. The molecule has 0 bridgehead atoms. The number of rotatable bonds is 5. The lowest BCUT2D eigenvalue weighted by atomic mass is 9.95. The lowest BCUT2D eigenvalue weighted by Crippen LogP contribution is -2.48. The molecular formula is C21H20F2N2O3. The van der Waals surface area contributed by atoms with E-state index in [2.05, 4.69) is 22.5 Å². The van der Waals surface area contributed by atoms with Crippen LogP contribution in [0.4, 0.5) is 19.3 Å². The van der Waals surface area contributed by atoms with Gasteiger partial charge in [0.2, 0.25) is 0 Å². The zero-order valence-electron chi connectivity index (χ0n) is 15.5. The van der Waals surface area contributed by atoms with Gasteiger partial charge in [-0.25, -0.2) is 13.6 Å². The maximum Gasteiger partial charge on any atom is 0.319 e. The molecule has 3 N–H and O–H groups in total. The van der Waals surface area contributed by atoms with Crippen molar-refractivity contribution in [3.05, 3.63) is 65.2 Å². The molecule has 146 valence electrons. The summed E-state index contributed by atoms with van der Waals surface area (Å²) >= 11 is 0. The number of urea groups is 1. The van der Waals surface area contributed by atoms with Crippen molar-refractivity contribution in [2.75, 3.05) is 5.32 Å². The van der Waals surface area contributed by atoms with Crippen LogP contribution in [0.2, 0.25) is 0 Å². The highest BCUT2D eigenvalue weighted by Gasteiger charge is 2.28. The number of halogens is 2. The van der Waals surface area contributed by atoms with E-state index in [0.29, 0.717) is 12.0 Å².